The molecule has 0 aliphatic carbocycles. The molecule has 0 aliphatic heterocycles. The summed E-state index contributed by atoms with van der Waals surface area (Å²) in [5.74, 6) is 0. The highest BCUT2D eigenvalue weighted by Gasteiger charge is 2.18. The van der Waals surface area contributed by atoms with Crippen LogP contribution in [0.3, 0.4) is 0 Å². The van der Waals surface area contributed by atoms with Crippen molar-refractivity contribution in [3.05, 3.63) is 65.2 Å². The van der Waals surface area contributed by atoms with Crippen LogP contribution >= 0.6 is 0 Å². The fourth-order valence-corrected chi connectivity index (χ4v) is 3.52. The van der Waals surface area contributed by atoms with Crippen LogP contribution in [0.15, 0.2) is 53.4 Å². The van der Waals surface area contributed by atoms with Crippen molar-refractivity contribution in [2.75, 3.05) is 0 Å². The van der Waals surface area contributed by atoms with Gasteiger partial charge < -0.3 is 0 Å². The number of sulfonamides is 1. The Morgan fingerprint density at radius 1 is 1.00 bits per heavy atom. The third-order valence-corrected chi connectivity index (χ3v) is 4.83. The van der Waals surface area contributed by atoms with E-state index in [0.717, 1.165) is 11.1 Å². The zero-order valence-corrected chi connectivity index (χ0v) is 12.7. The van der Waals surface area contributed by atoms with Crippen molar-refractivity contribution in [2.45, 2.75) is 31.7 Å². The van der Waals surface area contributed by atoms with E-state index in [9.17, 15) is 8.42 Å². The molecule has 1 N–H and O–H groups in total. The molecule has 0 spiro atoms. The average molecular weight is 289 g/mol. The van der Waals surface area contributed by atoms with E-state index in [1.165, 1.54) is 5.56 Å². The third-order valence-electron chi connectivity index (χ3n) is 3.28. The Labute approximate surface area is 120 Å². The SMILES string of the molecule is Cc1ccc(C(C)NS(=O)(=O)c2ccccc2)c(C)c1. The van der Waals surface area contributed by atoms with E-state index in [4.69, 9.17) is 0 Å². The molecule has 1 atom stereocenters. The highest BCUT2D eigenvalue weighted by atomic mass is 32.2. The summed E-state index contributed by atoms with van der Waals surface area (Å²) >= 11 is 0. The molecule has 0 aliphatic rings. The summed E-state index contributed by atoms with van der Waals surface area (Å²) in [5.41, 5.74) is 3.26. The lowest BCUT2D eigenvalue weighted by Gasteiger charge is -2.17. The fraction of sp³-hybridized carbons (Fsp3) is 0.250. The van der Waals surface area contributed by atoms with Gasteiger partial charge in [-0.25, -0.2) is 13.1 Å². The average Bonchev–Trinajstić information content (AvgIpc) is 2.39. The number of rotatable bonds is 4. The number of hydrogen-bond acceptors (Lipinski definition) is 2. The molecule has 2 aromatic rings. The molecule has 0 fully saturated rings. The van der Waals surface area contributed by atoms with Crippen molar-refractivity contribution in [1.29, 1.82) is 0 Å². The van der Waals surface area contributed by atoms with Crippen molar-refractivity contribution >= 4 is 10.0 Å². The van der Waals surface area contributed by atoms with E-state index < -0.39 is 10.0 Å². The van der Waals surface area contributed by atoms with Gasteiger partial charge in [0, 0.05) is 6.04 Å². The lowest BCUT2D eigenvalue weighted by Crippen LogP contribution is -2.27. The normalized spacial score (nSPS) is 13.2. The van der Waals surface area contributed by atoms with Gasteiger partial charge in [0.15, 0.2) is 0 Å². The second-order valence-corrected chi connectivity index (χ2v) is 6.73. The lowest BCUT2D eigenvalue weighted by molar-refractivity contribution is 0.566. The van der Waals surface area contributed by atoms with Crippen LogP contribution < -0.4 is 4.72 Å². The molecule has 106 valence electrons. The van der Waals surface area contributed by atoms with Gasteiger partial charge in [-0.1, -0.05) is 42.0 Å². The van der Waals surface area contributed by atoms with Gasteiger partial charge in [-0.2, -0.15) is 0 Å². The van der Waals surface area contributed by atoms with E-state index in [1.807, 2.05) is 32.9 Å². The van der Waals surface area contributed by atoms with Crippen LogP contribution in [0.25, 0.3) is 0 Å². The molecule has 0 amide bonds. The Kier molecular flexibility index (Phi) is 4.26. The molecule has 1 unspecified atom stereocenters. The van der Waals surface area contributed by atoms with Crippen LogP contribution in [-0.2, 0) is 10.0 Å². The first kappa shape index (κ1) is 14.8. The first-order valence-electron chi connectivity index (χ1n) is 6.54. The Bertz CT molecular complexity index is 694. The summed E-state index contributed by atoms with van der Waals surface area (Å²) in [4.78, 5) is 0.289. The van der Waals surface area contributed by atoms with Gasteiger partial charge in [-0.3, -0.25) is 0 Å². The highest BCUT2D eigenvalue weighted by Crippen LogP contribution is 2.21. The molecule has 20 heavy (non-hydrogen) atoms. The molecular weight excluding hydrogens is 270 g/mol. The number of aryl methyl sites for hydroxylation is 2. The van der Waals surface area contributed by atoms with Crippen LogP contribution in [0.2, 0.25) is 0 Å². The number of hydrogen-bond donors (Lipinski definition) is 1. The first-order chi connectivity index (χ1) is 9.40. The fourth-order valence-electron chi connectivity index (χ4n) is 2.28. The molecule has 0 heterocycles. The second-order valence-electron chi connectivity index (χ2n) is 5.02. The first-order valence-corrected chi connectivity index (χ1v) is 8.03. The van der Waals surface area contributed by atoms with Crippen molar-refractivity contribution < 1.29 is 8.42 Å². The van der Waals surface area contributed by atoms with Gasteiger partial charge in [0.1, 0.15) is 0 Å². The van der Waals surface area contributed by atoms with E-state index >= 15 is 0 Å². The number of nitrogens with one attached hydrogen (secondary N) is 1. The minimum atomic E-state index is -3.48. The maximum atomic E-state index is 12.3. The van der Waals surface area contributed by atoms with Crippen molar-refractivity contribution in [2.24, 2.45) is 0 Å². The summed E-state index contributed by atoms with van der Waals surface area (Å²) in [6.07, 6.45) is 0. The van der Waals surface area contributed by atoms with E-state index in [0.29, 0.717) is 0 Å². The number of benzene rings is 2. The third kappa shape index (κ3) is 3.26. The van der Waals surface area contributed by atoms with Gasteiger partial charge in [0.05, 0.1) is 4.90 Å². The van der Waals surface area contributed by atoms with Crippen molar-refractivity contribution in [3.8, 4) is 0 Å². The molecule has 0 radical (unpaired) electrons. The Morgan fingerprint density at radius 3 is 2.25 bits per heavy atom. The minimum Gasteiger partial charge on any atom is -0.207 e. The molecule has 2 aromatic carbocycles. The predicted molar refractivity (Wildman–Crippen MR) is 81.1 cm³/mol. The Morgan fingerprint density at radius 2 is 1.65 bits per heavy atom. The summed E-state index contributed by atoms with van der Waals surface area (Å²) < 4.78 is 27.3. The lowest BCUT2D eigenvalue weighted by atomic mass is 10.0. The van der Waals surface area contributed by atoms with Crippen LogP contribution in [0, 0.1) is 13.8 Å². The van der Waals surface area contributed by atoms with Gasteiger partial charge in [0.25, 0.3) is 0 Å². The predicted octanol–water partition coefficient (Wildman–Crippen LogP) is 3.34. The van der Waals surface area contributed by atoms with E-state index in [1.54, 1.807) is 30.3 Å². The van der Waals surface area contributed by atoms with Gasteiger partial charge in [-0.15, -0.1) is 0 Å². The van der Waals surface area contributed by atoms with Crippen LogP contribution in [0.1, 0.15) is 29.7 Å². The maximum absolute atomic E-state index is 12.3. The molecule has 3 nitrogen and oxygen atoms in total. The summed E-state index contributed by atoms with van der Waals surface area (Å²) in [6, 6.07) is 14.2. The van der Waals surface area contributed by atoms with E-state index in [2.05, 4.69) is 10.8 Å². The Balaban J connectivity index is 2.25. The summed E-state index contributed by atoms with van der Waals surface area (Å²) in [6.45, 7) is 5.88. The molecule has 0 saturated carbocycles. The van der Waals surface area contributed by atoms with Crippen LogP contribution in [-0.4, -0.2) is 8.42 Å². The van der Waals surface area contributed by atoms with Crippen molar-refractivity contribution in [3.63, 3.8) is 0 Å². The van der Waals surface area contributed by atoms with Crippen LogP contribution in [0.5, 0.6) is 0 Å². The summed E-state index contributed by atoms with van der Waals surface area (Å²) in [5, 5.41) is 0. The van der Waals surface area contributed by atoms with Crippen LogP contribution in [0.4, 0.5) is 0 Å². The zero-order chi connectivity index (χ0) is 14.8. The molecular formula is C16H19NO2S. The highest BCUT2D eigenvalue weighted by molar-refractivity contribution is 7.89. The molecule has 0 aromatic heterocycles. The quantitative estimate of drug-likeness (QED) is 0.938. The minimum absolute atomic E-state index is 0.263. The van der Waals surface area contributed by atoms with Gasteiger partial charge >= 0.3 is 0 Å². The molecule has 2 rings (SSSR count). The van der Waals surface area contributed by atoms with E-state index in [-0.39, 0.29) is 10.9 Å². The molecule has 0 saturated heterocycles. The maximum Gasteiger partial charge on any atom is 0.241 e. The largest absolute Gasteiger partial charge is 0.241 e. The summed E-state index contributed by atoms with van der Waals surface area (Å²) in [7, 11) is -3.48. The zero-order valence-electron chi connectivity index (χ0n) is 11.9. The smallest absolute Gasteiger partial charge is 0.207 e. The monoisotopic (exact) mass is 289 g/mol. The standard InChI is InChI=1S/C16H19NO2S/c1-12-9-10-16(13(2)11-12)14(3)17-20(18,19)15-7-5-4-6-8-15/h4-11,14,17H,1-3H3. The molecule has 0 bridgehead atoms. The van der Waals surface area contributed by atoms with Gasteiger partial charge in [-0.05, 0) is 44.0 Å². The topological polar surface area (TPSA) is 46.2 Å². The van der Waals surface area contributed by atoms with Crippen molar-refractivity contribution in [1.82, 2.24) is 4.72 Å². The molecule has 4 heteroatoms. The van der Waals surface area contributed by atoms with Gasteiger partial charge in [0.2, 0.25) is 10.0 Å². The second kappa shape index (κ2) is 5.77. The Hall–Kier alpha value is -1.65.